The molecule has 3 aromatic carbocycles. The summed E-state index contributed by atoms with van der Waals surface area (Å²) in [5.74, 6) is -6.57. The highest BCUT2D eigenvalue weighted by atomic mass is 19.2. The number of rotatable bonds is 2. The highest BCUT2D eigenvalue weighted by molar-refractivity contribution is 5.51. The number of fused-ring (bicyclic) bond motifs is 1. The molecular formula is C21H14F4O3. The van der Waals surface area contributed by atoms with E-state index in [1.807, 2.05) is 0 Å². The Hall–Kier alpha value is -3.22. The maximum atomic E-state index is 14.0. The van der Waals surface area contributed by atoms with Crippen LogP contribution in [0.2, 0.25) is 0 Å². The van der Waals surface area contributed by atoms with E-state index >= 15 is 0 Å². The Kier molecular flexibility index (Phi) is 4.37. The molecule has 0 bridgehead atoms. The van der Waals surface area contributed by atoms with Gasteiger partial charge in [0, 0.05) is 23.5 Å². The molecule has 2 unspecified atom stereocenters. The van der Waals surface area contributed by atoms with E-state index in [4.69, 9.17) is 4.74 Å². The second-order valence-electron chi connectivity index (χ2n) is 6.63. The first-order valence-corrected chi connectivity index (χ1v) is 8.43. The zero-order chi connectivity index (χ0) is 20.0. The van der Waals surface area contributed by atoms with Gasteiger partial charge < -0.3 is 14.9 Å². The van der Waals surface area contributed by atoms with E-state index in [0.29, 0.717) is 16.9 Å². The van der Waals surface area contributed by atoms with Gasteiger partial charge in [0.1, 0.15) is 11.5 Å². The molecule has 1 aliphatic heterocycles. The standard InChI is InChI=1S/C21H14F4O3/c22-15-5-10(1-4-18(15)27)20-13-3-2-12(26)8-19(13)28-9-14(20)11-6-16(23)21(25)17(24)7-11/h1-8,14,20,26-27H,9H2. The van der Waals surface area contributed by atoms with Crippen LogP contribution in [0.1, 0.15) is 28.5 Å². The van der Waals surface area contributed by atoms with Crippen molar-refractivity contribution >= 4 is 0 Å². The number of hydrogen-bond donors (Lipinski definition) is 2. The molecule has 1 heterocycles. The average molecular weight is 390 g/mol. The first-order valence-electron chi connectivity index (χ1n) is 8.43. The number of halogens is 4. The molecule has 1 aliphatic rings. The summed E-state index contributed by atoms with van der Waals surface area (Å²) in [6.45, 7) is -0.0336. The maximum Gasteiger partial charge on any atom is 0.194 e. The molecule has 0 aliphatic carbocycles. The summed E-state index contributed by atoms with van der Waals surface area (Å²) in [7, 11) is 0. The predicted molar refractivity (Wildman–Crippen MR) is 92.6 cm³/mol. The van der Waals surface area contributed by atoms with Gasteiger partial charge in [-0.25, -0.2) is 17.6 Å². The topological polar surface area (TPSA) is 49.7 Å². The second-order valence-corrected chi connectivity index (χ2v) is 6.63. The van der Waals surface area contributed by atoms with Crippen LogP contribution in [0.5, 0.6) is 17.2 Å². The zero-order valence-corrected chi connectivity index (χ0v) is 14.3. The first kappa shape index (κ1) is 18.2. The fourth-order valence-corrected chi connectivity index (χ4v) is 3.60. The summed E-state index contributed by atoms with van der Waals surface area (Å²) in [6.07, 6.45) is 0. The molecule has 3 aromatic rings. The molecule has 144 valence electrons. The number of ether oxygens (including phenoxy) is 1. The largest absolute Gasteiger partial charge is 0.508 e. The lowest BCUT2D eigenvalue weighted by Crippen LogP contribution is -2.25. The van der Waals surface area contributed by atoms with Gasteiger partial charge in [-0.1, -0.05) is 12.1 Å². The van der Waals surface area contributed by atoms with Crippen LogP contribution in [0.4, 0.5) is 17.6 Å². The Morgan fingerprint density at radius 2 is 1.46 bits per heavy atom. The minimum Gasteiger partial charge on any atom is -0.508 e. The summed E-state index contributed by atoms with van der Waals surface area (Å²) in [5.41, 5.74) is 1.14. The molecule has 2 atom stereocenters. The van der Waals surface area contributed by atoms with E-state index in [9.17, 15) is 27.8 Å². The third-order valence-electron chi connectivity index (χ3n) is 4.92. The van der Waals surface area contributed by atoms with Crippen LogP contribution in [0.3, 0.4) is 0 Å². The van der Waals surface area contributed by atoms with Crippen LogP contribution < -0.4 is 4.74 Å². The van der Waals surface area contributed by atoms with Crippen molar-refractivity contribution in [1.29, 1.82) is 0 Å². The van der Waals surface area contributed by atoms with Crippen molar-refractivity contribution in [2.24, 2.45) is 0 Å². The smallest absolute Gasteiger partial charge is 0.194 e. The van der Waals surface area contributed by atoms with E-state index in [0.717, 1.165) is 18.2 Å². The molecule has 0 spiro atoms. The summed E-state index contributed by atoms with van der Waals surface area (Å²) < 4.78 is 60.6. The van der Waals surface area contributed by atoms with E-state index in [-0.39, 0.29) is 17.9 Å². The summed E-state index contributed by atoms with van der Waals surface area (Å²) in [4.78, 5) is 0. The van der Waals surface area contributed by atoms with Crippen LogP contribution in [0.15, 0.2) is 48.5 Å². The third-order valence-corrected chi connectivity index (χ3v) is 4.92. The van der Waals surface area contributed by atoms with Gasteiger partial charge in [-0.15, -0.1) is 0 Å². The molecular weight excluding hydrogens is 376 g/mol. The third kappa shape index (κ3) is 3.02. The van der Waals surface area contributed by atoms with Crippen molar-refractivity contribution in [2.45, 2.75) is 11.8 Å². The van der Waals surface area contributed by atoms with Crippen molar-refractivity contribution in [2.75, 3.05) is 6.61 Å². The molecule has 28 heavy (non-hydrogen) atoms. The molecule has 0 amide bonds. The fourth-order valence-electron chi connectivity index (χ4n) is 3.60. The van der Waals surface area contributed by atoms with Crippen molar-refractivity contribution in [3.63, 3.8) is 0 Å². The van der Waals surface area contributed by atoms with E-state index < -0.39 is 40.9 Å². The highest BCUT2D eigenvalue weighted by Gasteiger charge is 2.35. The summed E-state index contributed by atoms with van der Waals surface area (Å²) in [6, 6.07) is 9.97. The lowest BCUT2D eigenvalue weighted by atomic mass is 9.75. The molecule has 7 heteroatoms. The van der Waals surface area contributed by atoms with E-state index in [1.165, 1.54) is 24.3 Å². The number of phenols is 2. The van der Waals surface area contributed by atoms with Crippen LogP contribution in [-0.4, -0.2) is 16.8 Å². The lowest BCUT2D eigenvalue weighted by Gasteiger charge is -2.34. The normalized spacial score (nSPS) is 18.4. The van der Waals surface area contributed by atoms with Crippen molar-refractivity contribution < 1.29 is 32.5 Å². The molecule has 0 radical (unpaired) electrons. The summed E-state index contributed by atoms with van der Waals surface area (Å²) in [5, 5.41) is 19.2. The Bertz CT molecular complexity index is 1040. The zero-order valence-electron chi connectivity index (χ0n) is 14.3. The molecule has 0 saturated heterocycles. The van der Waals surface area contributed by atoms with E-state index in [1.54, 1.807) is 6.07 Å². The number of hydrogen-bond acceptors (Lipinski definition) is 3. The fraction of sp³-hybridized carbons (Fsp3) is 0.143. The number of aromatic hydroxyl groups is 2. The van der Waals surface area contributed by atoms with Gasteiger partial charge in [0.05, 0.1) is 6.61 Å². The predicted octanol–water partition coefficient (Wildman–Crippen LogP) is 4.96. The second kappa shape index (κ2) is 6.74. The number of benzene rings is 3. The lowest BCUT2D eigenvalue weighted by molar-refractivity contribution is 0.246. The molecule has 4 rings (SSSR count). The first-order chi connectivity index (χ1) is 13.3. The SMILES string of the molecule is Oc1ccc2c(c1)OCC(c1cc(F)c(F)c(F)c1)C2c1ccc(O)c(F)c1. The van der Waals surface area contributed by atoms with E-state index in [2.05, 4.69) is 0 Å². The van der Waals surface area contributed by atoms with Gasteiger partial charge in [-0.3, -0.25) is 0 Å². The van der Waals surface area contributed by atoms with Crippen molar-refractivity contribution in [3.8, 4) is 17.2 Å². The molecule has 0 aromatic heterocycles. The van der Waals surface area contributed by atoms with Crippen LogP contribution in [0, 0.1) is 23.3 Å². The minimum atomic E-state index is -1.57. The average Bonchev–Trinajstić information content (AvgIpc) is 2.67. The highest BCUT2D eigenvalue weighted by Crippen LogP contribution is 2.47. The van der Waals surface area contributed by atoms with Crippen LogP contribution in [0.25, 0.3) is 0 Å². The van der Waals surface area contributed by atoms with Gasteiger partial charge in [0.25, 0.3) is 0 Å². The van der Waals surface area contributed by atoms with Crippen molar-refractivity contribution in [1.82, 2.24) is 0 Å². The van der Waals surface area contributed by atoms with Crippen LogP contribution >= 0.6 is 0 Å². The molecule has 3 nitrogen and oxygen atoms in total. The minimum absolute atomic E-state index is 0.0336. The maximum absolute atomic E-state index is 14.0. The molecule has 0 saturated carbocycles. The summed E-state index contributed by atoms with van der Waals surface area (Å²) >= 11 is 0. The Morgan fingerprint density at radius 3 is 2.14 bits per heavy atom. The van der Waals surface area contributed by atoms with Crippen molar-refractivity contribution in [3.05, 3.63) is 88.5 Å². The monoisotopic (exact) mass is 390 g/mol. The van der Waals surface area contributed by atoms with Gasteiger partial charge in [-0.05, 0) is 41.5 Å². The quantitative estimate of drug-likeness (QED) is 0.480. The molecule has 0 fully saturated rings. The van der Waals surface area contributed by atoms with Gasteiger partial charge in [0.2, 0.25) is 0 Å². The van der Waals surface area contributed by atoms with Gasteiger partial charge >= 0.3 is 0 Å². The number of phenolic OH excluding ortho intramolecular Hbond substituents is 2. The van der Waals surface area contributed by atoms with Gasteiger partial charge in [-0.2, -0.15) is 0 Å². The Balaban J connectivity index is 1.90. The Labute approximate surface area is 157 Å². The Morgan fingerprint density at radius 1 is 0.786 bits per heavy atom. The van der Waals surface area contributed by atoms with Crippen LogP contribution in [-0.2, 0) is 0 Å². The van der Waals surface area contributed by atoms with Gasteiger partial charge in [0.15, 0.2) is 29.0 Å². The molecule has 2 N–H and O–H groups in total.